The van der Waals surface area contributed by atoms with Crippen molar-refractivity contribution in [1.82, 2.24) is 15.1 Å². The van der Waals surface area contributed by atoms with Gasteiger partial charge in [0.05, 0.1) is 6.20 Å². The fourth-order valence-corrected chi connectivity index (χ4v) is 1.64. The highest BCUT2D eigenvalue weighted by Gasteiger charge is 2.16. The van der Waals surface area contributed by atoms with Crippen molar-refractivity contribution in [3.63, 3.8) is 0 Å². The molecule has 0 saturated heterocycles. The van der Waals surface area contributed by atoms with Gasteiger partial charge >= 0.3 is 0 Å². The van der Waals surface area contributed by atoms with Crippen LogP contribution in [0.2, 0.25) is 0 Å². The zero-order chi connectivity index (χ0) is 12.2. The maximum Gasteiger partial charge on any atom is 0.0537 e. The SMILES string of the molecule is Cc1c(CNCC(C)(C)CCO)cnn1C. The summed E-state index contributed by atoms with van der Waals surface area (Å²) in [6.07, 6.45) is 2.73. The molecule has 4 nitrogen and oxygen atoms in total. The quantitative estimate of drug-likeness (QED) is 0.765. The van der Waals surface area contributed by atoms with Gasteiger partial charge in [0.15, 0.2) is 0 Å². The molecule has 0 amide bonds. The molecule has 1 heterocycles. The van der Waals surface area contributed by atoms with Crippen molar-refractivity contribution in [2.24, 2.45) is 12.5 Å². The number of rotatable bonds is 6. The second-order valence-corrected chi connectivity index (χ2v) is 5.12. The molecule has 0 saturated carbocycles. The molecule has 0 atom stereocenters. The predicted molar refractivity (Wildman–Crippen MR) is 65.1 cm³/mol. The van der Waals surface area contributed by atoms with Crippen molar-refractivity contribution >= 4 is 0 Å². The van der Waals surface area contributed by atoms with Crippen LogP contribution in [-0.2, 0) is 13.6 Å². The molecule has 92 valence electrons. The van der Waals surface area contributed by atoms with E-state index in [1.165, 1.54) is 11.3 Å². The van der Waals surface area contributed by atoms with Gasteiger partial charge in [0.1, 0.15) is 0 Å². The van der Waals surface area contributed by atoms with Crippen LogP contribution < -0.4 is 5.32 Å². The van der Waals surface area contributed by atoms with Crippen LogP contribution in [0.25, 0.3) is 0 Å². The Hall–Kier alpha value is -0.870. The molecule has 4 heteroatoms. The van der Waals surface area contributed by atoms with Crippen molar-refractivity contribution in [1.29, 1.82) is 0 Å². The summed E-state index contributed by atoms with van der Waals surface area (Å²) in [5, 5.41) is 16.5. The van der Waals surface area contributed by atoms with Crippen LogP contribution in [0.3, 0.4) is 0 Å². The second kappa shape index (κ2) is 5.46. The summed E-state index contributed by atoms with van der Waals surface area (Å²) in [5.74, 6) is 0. The van der Waals surface area contributed by atoms with E-state index in [0.717, 1.165) is 19.5 Å². The minimum Gasteiger partial charge on any atom is -0.396 e. The first-order chi connectivity index (χ1) is 7.46. The molecule has 1 aromatic rings. The van der Waals surface area contributed by atoms with E-state index in [1.54, 1.807) is 0 Å². The first-order valence-electron chi connectivity index (χ1n) is 5.75. The van der Waals surface area contributed by atoms with Crippen molar-refractivity contribution < 1.29 is 5.11 Å². The van der Waals surface area contributed by atoms with E-state index >= 15 is 0 Å². The van der Waals surface area contributed by atoms with Gasteiger partial charge in [-0.25, -0.2) is 0 Å². The van der Waals surface area contributed by atoms with Gasteiger partial charge in [-0.05, 0) is 18.8 Å². The predicted octanol–water partition coefficient (Wildman–Crippen LogP) is 1.23. The maximum atomic E-state index is 8.92. The Balaban J connectivity index is 2.38. The molecule has 0 unspecified atom stereocenters. The zero-order valence-electron chi connectivity index (χ0n) is 10.7. The minimum absolute atomic E-state index is 0.144. The smallest absolute Gasteiger partial charge is 0.0537 e. The minimum atomic E-state index is 0.144. The molecule has 16 heavy (non-hydrogen) atoms. The second-order valence-electron chi connectivity index (χ2n) is 5.12. The number of hydrogen-bond donors (Lipinski definition) is 2. The van der Waals surface area contributed by atoms with Crippen molar-refractivity contribution in [2.75, 3.05) is 13.2 Å². The van der Waals surface area contributed by atoms with E-state index < -0.39 is 0 Å². The monoisotopic (exact) mass is 225 g/mol. The standard InChI is InChI=1S/C12H23N3O/c1-10-11(8-14-15(10)4)7-13-9-12(2,3)5-6-16/h8,13,16H,5-7,9H2,1-4H3. The Labute approximate surface area is 97.7 Å². The Kier molecular flexibility index (Phi) is 4.50. The van der Waals surface area contributed by atoms with Crippen LogP contribution >= 0.6 is 0 Å². The van der Waals surface area contributed by atoms with Gasteiger partial charge in [-0.15, -0.1) is 0 Å². The molecule has 0 radical (unpaired) electrons. The van der Waals surface area contributed by atoms with Crippen LogP contribution in [-0.4, -0.2) is 28.0 Å². The molecule has 0 aromatic carbocycles. The number of nitrogens with zero attached hydrogens (tertiary/aromatic N) is 2. The number of aromatic nitrogens is 2. The zero-order valence-corrected chi connectivity index (χ0v) is 10.7. The van der Waals surface area contributed by atoms with Gasteiger partial charge < -0.3 is 10.4 Å². The summed E-state index contributed by atoms with van der Waals surface area (Å²) < 4.78 is 1.88. The lowest BCUT2D eigenvalue weighted by molar-refractivity contribution is 0.207. The third kappa shape index (κ3) is 3.61. The topological polar surface area (TPSA) is 50.1 Å². The highest BCUT2D eigenvalue weighted by Crippen LogP contribution is 2.18. The molecule has 0 aliphatic carbocycles. The molecule has 0 aliphatic heterocycles. The lowest BCUT2D eigenvalue weighted by Crippen LogP contribution is -2.30. The average Bonchev–Trinajstić information content (AvgIpc) is 2.49. The molecule has 0 aliphatic rings. The highest BCUT2D eigenvalue weighted by molar-refractivity contribution is 5.15. The van der Waals surface area contributed by atoms with Crippen LogP contribution in [0.15, 0.2) is 6.20 Å². The summed E-state index contributed by atoms with van der Waals surface area (Å²) >= 11 is 0. The first-order valence-corrected chi connectivity index (χ1v) is 5.75. The summed E-state index contributed by atoms with van der Waals surface area (Å²) in [4.78, 5) is 0. The number of hydrogen-bond acceptors (Lipinski definition) is 3. The van der Waals surface area contributed by atoms with Gasteiger partial charge in [0.25, 0.3) is 0 Å². The van der Waals surface area contributed by atoms with Crippen LogP contribution in [0.5, 0.6) is 0 Å². The molecule has 1 rings (SSSR count). The van der Waals surface area contributed by atoms with Gasteiger partial charge in [-0.3, -0.25) is 4.68 Å². The van der Waals surface area contributed by atoms with Gasteiger partial charge in [0.2, 0.25) is 0 Å². The third-order valence-electron chi connectivity index (χ3n) is 3.04. The number of aliphatic hydroxyl groups excluding tert-OH is 1. The van der Waals surface area contributed by atoms with E-state index in [4.69, 9.17) is 5.11 Å². The Bertz CT molecular complexity index is 331. The van der Waals surface area contributed by atoms with E-state index in [2.05, 4.69) is 31.2 Å². The van der Waals surface area contributed by atoms with Crippen LogP contribution in [0, 0.1) is 12.3 Å². The van der Waals surface area contributed by atoms with Gasteiger partial charge in [0, 0.05) is 38.0 Å². The molecule has 2 N–H and O–H groups in total. The summed E-state index contributed by atoms with van der Waals surface area (Å²) in [7, 11) is 1.95. The van der Waals surface area contributed by atoms with Crippen LogP contribution in [0.4, 0.5) is 0 Å². The van der Waals surface area contributed by atoms with Gasteiger partial charge in [-0.2, -0.15) is 5.10 Å². The molecular formula is C12H23N3O. The van der Waals surface area contributed by atoms with E-state index in [-0.39, 0.29) is 12.0 Å². The Morgan fingerprint density at radius 2 is 2.19 bits per heavy atom. The van der Waals surface area contributed by atoms with Crippen molar-refractivity contribution in [2.45, 2.75) is 33.7 Å². The third-order valence-corrected chi connectivity index (χ3v) is 3.04. The largest absolute Gasteiger partial charge is 0.396 e. The van der Waals surface area contributed by atoms with Crippen molar-refractivity contribution in [3.8, 4) is 0 Å². The number of aryl methyl sites for hydroxylation is 1. The van der Waals surface area contributed by atoms with E-state index in [0.29, 0.717) is 0 Å². The molecular weight excluding hydrogens is 202 g/mol. The fourth-order valence-electron chi connectivity index (χ4n) is 1.64. The normalized spacial score (nSPS) is 12.1. The van der Waals surface area contributed by atoms with E-state index in [9.17, 15) is 0 Å². The average molecular weight is 225 g/mol. The number of nitrogens with one attached hydrogen (secondary N) is 1. The summed E-state index contributed by atoms with van der Waals surface area (Å²) in [5.41, 5.74) is 2.58. The van der Waals surface area contributed by atoms with E-state index in [1.807, 2.05) is 17.9 Å². The Morgan fingerprint density at radius 1 is 1.50 bits per heavy atom. The highest BCUT2D eigenvalue weighted by atomic mass is 16.3. The maximum absolute atomic E-state index is 8.92. The Morgan fingerprint density at radius 3 is 2.69 bits per heavy atom. The fraction of sp³-hybridized carbons (Fsp3) is 0.750. The van der Waals surface area contributed by atoms with Gasteiger partial charge in [-0.1, -0.05) is 13.8 Å². The lowest BCUT2D eigenvalue weighted by Gasteiger charge is -2.23. The summed E-state index contributed by atoms with van der Waals surface area (Å²) in [6, 6.07) is 0. The lowest BCUT2D eigenvalue weighted by atomic mass is 9.90. The van der Waals surface area contributed by atoms with Crippen molar-refractivity contribution in [3.05, 3.63) is 17.5 Å². The summed E-state index contributed by atoms with van der Waals surface area (Å²) in [6.45, 7) is 8.39. The van der Waals surface area contributed by atoms with Crippen LogP contribution in [0.1, 0.15) is 31.5 Å². The molecule has 0 fully saturated rings. The number of aliphatic hydroxyl groups is 1. The molecule has 0 bridgehead atoms. The molecule has 0 spiro atoms. The first kappa shape index (κ1) is 13.2. The molecule has 1 aromatic heterocycles.